The second-order valence-electron chi connectivity index (χ2n) is 8.20. The molecule has 1 aromatic carbocycles. The molecular weight excluding hydrogens is 427 g/mol. The molecule has 1 fully saturated rings. The lowest BCUT2D eigenvalue weighted by Crippen LogP contribution is -2.45. The Morgan fingerprint density at radius 2 is 1.88 bits per heavy atom. The maximum absolute atomic E-state index is 14.2. The maximum Gasteiger partial charge on any atom is 0.199 e. The number of allylic oxidation sites excluding steroid dienone is 5. The van der Waals surface area contributed by atoms with E-state index in [2.05, 4.69) is 36.5 Å². The van der Waals surface area contributed by atoms with Gasteiger partial charge < -0.3 is 19.8 Å². The van der Waals surface area contributed by atoms with Gasteiger partial charge in [-0.2, -0.15) is 5.26 Å². The molecule has 5 nitrogen and oxygen atoms in total. The van der Waals surface area contributed by atoms with Crippen LogP contribution in [0.3, 0.4) is 0 Å². The van der Waals surface area contributed by atoms with E-state index in [1.807, 2.05) is 31.2 Å². The van der Waals surface area contributed by atoms with Crippen LogP contribution in [0, 0.1) is 24.1 Å². The van der Waals surface area contributed by atoms with E-state index in [0.29, 0.717) is 22.4 Å². The summed E-state index contributed by atoms with van der Waals surface area (Å²) in [6.45, 7) is 23.0. The van der Waals surface area contributed by atoms with Gasteiger partial charge in [0.2, 0.25) is 0 Å². The highest BCUT2D eigenvalue weighted by Crippen LogP contribution is 2.27. The number of nitriles is 1. The summed E-state index contributed by atoms with van der Waals surface area (Å²) in [6, 6.07) is 4.53. The number of aryl methyl sites for hydroxylation is 1. The lowest BCUT2D eigenvalue weighted by molar-refractivity contribution is 0.168. The molecule has 0 aromatic heterocycles. The molecule has 0 spiro atoms. The fourth-order valence-electron chi connectivity index (χ4n) is 3.87. The molecule has 1 heterocycles. The Bertz CT molecular complexity index is 1080. The first-order valence-corrected chi connectivity index (χ1v) is 11.4. The summed E-state index contributed by atoms with van der Waals surface area (Å²) in [5, 5.41) is 20.0. The summed E-state index contributed by atoms with van der Waals surface area (Å²) in [5.74, 6) is -0.763. The second-order valence-corrected chi connectivity index (χ2v) is 8.20. The number of piperazine rings is 1. The SMILES string of the molecule is C=C/C(=C(/O)N(C)C(=C)/C=C\C(=CC)C(=C)N1CCN(CC)CC1)c1cc(F)c(C#N)cc1C. The standard InChI is InChI=1S/C28H35FN4O/c1-8-23(22(6)33-15-13-32(10-3)14-16-33)12-11-21(5)31(7)28(34)25(9-2)26-18-27(29)24(19-30)17-20(26)4/h8-9,11-12,17-18,34H,2,5-6,10,13-16H2,1,3-4,7H3/b12-11-,23-8?,28-25-. The number of likely N-dealkylation sites (N-methyl/N-ethyl adjacent to an activating group) is 2. The van der Waals surface area contributed by atoms with Crippen LogP contribution < -0.4 is 0 Å². The Hall–Kier alpha value is -3.56. The number of aliphatic hydroxyl groups excluding tert-OH is 1. The number of nitrogens with zero attached hydrogens (tertiary/aromatic N) is 4. The number of halogens is 1. The average molecular weight is 463 g/mol. The average Bonchev–Trinajstić information content (AvgIpc) is 2.85. The second kappa shape index (κ2) is 12.1. The van der Waals surface area contributed by atoms with Crippen molar-refractivity contribution in [2.24, 2.45) is 0 Å². The molecule has 0 amide bonds. The van der Waals surface area contributed by atoms with E-state index >= 15 is 0 Å². The number of hydrogen-bond donors (Lipinski definition) is 1. The molecule has 2 rings (SSSR count). The van der Waals surface area contributed by atoms with Crippen molar-refractivity contribution in [2.45, 2.75) is 20.8 Å². The highest BCUT2D eigenvalue weighted by molar-refractivity contribution is 5.77. The van der Waals surface area contributed by atoms with Crippen LogP contribution in [0.15, 0.2) is 79.0 Å². The zero-order valence-corrected chi connectivity index (χ0v) is 20.7. The minimum Gasteiger partial charge on any atom is -0.494 e. The topological polar surface area (TPSA) is 53.7 Å². The minimum absolute atomic E-state index is 0.0416. The summed E-state index contributed by atoms with van der Waals surface area (Å²) in [7, 11) is 1.68. The molecule has 1 aliphatic heterocycles. The van der Waals surface area contributed by atoms with Crippen molar-refractivity contribution in [1.29, 1.82) is 5.26 Å². The Morgan fingerprint density at radius 3 is 2.41 bits per heavy atom. The van der Waals surface area contributed by atoms with E-state index in [-0.39, 0.29) is 11.4 Å². The van der Waals surface area contributed by atoms with Crippen molar-refractivity contribution in [2.75, 3.05) is 39.8 Å². The van der Waals surface area contributed by atoms with Gasteiger partial charge in [-0.25, -0.2) is 4.39 Å². The van der Waals surface area contributed by atoms with Crippen LogP contribution in [-0.4, -0.2) is 59.6 Å². The van der Waals surface area contributed by atoms with Crippen molar-refractivity contribution in [3.8, 4) is 6.07 Å². The van der Waals surface area contributed by atoms with Crippen LogP contribution in [0.4, 0.5) is 4.39 Å². The van der Waals surface area contributed by atoms with Crippen molar-refractivity contribution < 1.29 is 9.50 Å². The first-order valence-electron chi connectivity index (χ1n) is 11.4. The molecule has 0 aliphatic carbocycles. The van der Waals surface area contributed by atoms with Gasteiger partial charge in [-0.05, 0) is 55.3 Å². The first-order chi connectivity index (χ1) is 16.2. The normalized spacial score (nSPS) is 15.6. The molecule has 0 radical (unpaired) electrons. The molecule has 6 heteroatoms. The molecular formula is C28H35FN4O. The maximum atomic E-state index is 14.2. The summed E-state index contributed by atoms with van der Waals surface area (Å²) in [5.41, 5.74) is 3.90. The van der Waals surface area contributed by atoms with Crippen molar-refractivity contribution in [1.82, 2.24) is 14.7 Å². The lowest BCUT2D eigenvalue weighted by atomic mass is 9.98. The van der Waals surface area contributed by atoms with Crippen LogP contribution in [0.1, 0.15) is 30.5 Å². The van der Waals surface area contributed by atoms with E-state index in [4.69, 9.17) is 5.26 Å². The van der Waals surface area contributed by atoms with E-state index in [1.54, 1.807) is 14.0 Å². The first kappa shape index (κ1) is 26.7. The van der Waals surface area contributed by atoms with Crippen LogP contribution in [0.25, 0.3) is 5.57 Å². The fourth-order valence-corrected chi connectivity index (χ4v) is 3.87. The Balaban J connectivity index is 2.22. The molecule has 0 bridgehead atoms. The summed E-state index contributed by atoms with van der Waals surface area (Å²) >= 11 is 0. The van der Waals surface area contributed by atoms with Gasteiger partial charge in [0.05, 0.1) is 5.56 Å². The zero-order valence-electron chi connectivity index (χ0n) is 20.7. The number of rotatable bonds is 9. The largest absolute Gasteiger partial charge is 0.494 e. The van der Waals surface area contributed by atoms with Crippen LogP contribution in [-0.2, 0) is 0 Å². The summed E-state index contributed by atoms with van der Waals surface area (Å²) in [4.78, 5) is 6.21. The quantitative estimate of drug-likeness (QED) is 0.387. The Kier molecular flexibility index (Phi) is 9.47. The van der Waals surface area contributed by atoms with Gasteiger partial charge in [-0.15, -0.1) is 0 Å². The third-order valence-electron chi connectivity index (χ3n) is 6.22. The molecule has 1 N–H and O–H groups in total. The smallest absolute Gasteiger partial charge is 0.199 e. The van der Waals surface area contributed by atoms with Gasteiger partial charge >= 0.3 is 0 Å². The van der Waals surface area contributed by atoms with Crippen molar-refractivity contribution in [3.63, 3.8) is 0 Å². The predicted molar refractivity (Wildman–Crippen MR) is 138 cm³/mol. The van der Waals surface area contributed by atoms with Gasteiger partial charge in [0.15, 0.2) is 5.88 Å². The van der Waals surface area contributed by atoms with Crippen molar-refractivity contribution in [3.05, 3.63) is 102 Å². The van der Waals surface area contributed by atoms with E-state index in [9.17, 15) is 9.50 Å². The van der Waals surface area contributed by atoms with E-state index < -0.39 is 5.82 Å². The van der Waals surface area contributed by atoms with Crippen LogP contribution in [0.5, 0.6) is 0 Å². The molecule has 0 saturated carbocycles. The third kappa shape index (κ3) is 6.06. The van der Waals surface area contributed by atoms with E-state index in [0.717, 1.165) is 44.0 Å². The van der Waals surface area contributed by atoms with E-state index in [1.165, 1.54) is 23.1 Å². The number of aliphatic hydroxyl groups is 1. The third-order valence-corrected chi connectivity index (χ3v) is 6.22. The Morgan fingerprint density at radius 1 is 1.24 bits per heavy atom. The number of benzene rings is 1. The van der Waals surface area contributed by atoms with Gasteiger partial charge in [0.25, 0.3) is 0 Å². The molecule has 1 saturated heterocycles. The van der Waals surface area contributed by atoms with Crippen molar-refractivity contribution >= 4 is 5.57 Å². The van der Waals surface area contributed by atoms with Gasteiger partial charge in [0.1, 0.15) is 11.9 Å². The summed E-state index contributed by atoms with van der Waals surface area (Å²) in [6.07, 6.45) is 7.21. The highest BCUT2D eigenvalue weighted by atomic mass is 19.1. The molecule has 180 valence electrons. The zero-order chi connectivity index (χ0) is 25.4. The van der Waals surface area contributed by atoms with Gasteiger partial charge in [-0.1, -0.05) is 44.9 Å². The minimum atomic E-state index is -0.646. The summed E-state index contributed by atoms with van der Waals surface area (Å²) < 4.78 is 14.2. The molecule has 1 aliphatic rings. The molecule has 34 heavy (non-hydrogen) atoms. The number of hydrogen-bond acceptors (Lipinski definition) is 5. The van der Waals surface area contributed by atoms with Crippen LogP contribution in [0.2, 0.25) is 0 Å². The molecule has 0 unspecified atom stereocenters. The fraction of sp³-hybridized carbons (Fsp3) is 0.321. The highest BCUT2D eigenvalue weighted by Gasteiger charge is 2.18. The Labute approximate surface area is 203 Å². The molecule has 1 aromatic rings. The molecule has 0 atom stereocenters. The van der Waals surface area contributed by atoms with Gasteiger partial charge in [-0.3, -0.25) is 0 Å². The lowest BCUT2D eigenvalue weighted by Gasteiger charge is -2.36. The monoisotopic (exact) mass is 462 g/mol. The predicted octanol–water partition coefficient (Wildman–Crippen LogP) is 5.52. The van der Waals surface area contributed by atoms with Gasteiger partial charge in [0, 0.05) is 50.2 Å². The van der Waals surface area contributed by atoms with Crippen LogP contribution >= 0.6 is 0 Å².